The highest BCUT2D eigenvalue weighted by Crippen LogP contribution is 2.38. The number of hydrogen-bond acceptors (Lipinski definition) is 16. The van der Waals surface area contributed by atoms with Crippen molar-refractivity contribution in [1.82, 2.24) is 29.7 Å². The molecular formula is C61H77N15O5. The van der Waals surface area contributed by atoms with Crippen LogP contribution >= 0.6 is 0 Å². The third-order valence-electron chi connectivity index (χ3n) is 15.5. The van der Waals surface area contributed by atoms with Gasteiger partial charge in [0.25, 0.3) is 0 Å². The Morgan fingerprint density at radius 2 is 1.00 bits per heavy atom. The molecule has 7 heterocycles. The first-order chi connectivity index (χ1) is 39.3. The number of ether oxygens (including phenoxy) is 3. The molecule has 20 nitrogen and oxygen atoms in total. The molecule has 5 fully saturated rings. The van der Waals surface area contributed by atoms with Gasteiger partial charge in [0.15, 0.2) is 11.6 Å². The van der Waals surface area contributed by atoms with Crippen LogP contribution in [0.5, 0.6) is 5.75 Å². The van der Waals surface area contributed by atoms with Crippen molar-refractivity contribution in [3.63, 3.8) is 0 Å². The van der Waals surface area contributed by atoms with E-state index in [1.807, 2.05) is 116 Å². The first kappa shape index (κ1) is 55.1. The minimum absolute atomic E-state index is 0.134. The number of urea groups is 2. The number of carbonyl (C=O) groups is 2. The average Bonchev–Trinajstić information content (AvgIpc) is 4.05. The van der Waals surface area contributed by atoms with Gasteiger partial charge in [0.1, 0.15) is 35.6 Å². The fourth-order valence-corrected chi connectivity index (χ4v) is 11.4. The van der Waals surface area contributed by atoms with Crippen LogP contribution in [-0.4, -0.2) is 165 Å². The lowest BCUT2D eigenvalue weighted by Gasteiger charge is -2.36. The largest absolute Gasteiger partial charge is 0.492 e. The standard InChI is InChI=1S/C61H77N15O5/c1-40(2)62-54-34-56(73-49-20-21-50(73)37-79-36-49)68-58(66-54)42-8-12-44(13-9-42)64-60(77)76(48-24-26-53(27-25-48)81-33-32-70(5)6)75(61(78)65-45-14-18-46(19-15-45)72-30-28-71(7)29-31-72)47-16-10-43(11-17-47)59-67-55(63-41(3)4)35-57(69-59)74-51-22-23-52(74)39-80-38-51/h8-19,24-27,34-35,40-41,49-52H,20-23,28-33,36-39H2,1-7H3,(H,64,77)(H,65,78)(H,62,66,68)(H,63,67,69). The van der Waals surface area contributed by atoms with E-state index in [1.54, 1.807) is 12.1 Å². The van der Waals surface area contributed by atoms with Crippen LogP contribution in [0.3, 0.4) is 0 Å². The summed E-state index contributed by atoms with van der Waals surface area (Å²) < 4.78 is 18.0. The second-order valence-corrected chi connectivity index (χ2v) is 22.7. The van der Waals surface area contributed by atoms with E-state index < -0.39 is 12.1 Å². The summed E-state index contributed by atoms with van der Waals surface area (Å²) in [6.07, 6.45) is 4.20. The van der Waals surface area contributed by atoms with Gasteiger partial charge >= 0.3 is 12.1 Å². The van der Waals surface area contributed by atoms with Gasteiger partial charge in [0.05, 0.1) is 62.0 Å². The zero-order valence-electron chi connectivity index (χ0n) is 47.7. The van der Waals surface area contributed by atoms with Crippen LogP contribution in [0.4, 0.5) is 61.3 Å². The molecule has 4 N–H and O–H groups in total. The van der Waals surface area contributed by atoms with Gasteiger partial charge in [-0.05, 0) is 172 Å². The number of benzene rings is 4. The predicted molar refractivity (Wildman–Crippen MR) is 322 cm³/mol. The van der Waals surface area contributed by atoms with Gasteiger partial charge in [-0.25, -0.2) is 29.5 Å². The first-order valence-electron chi connectivity index (χ1n) is 28.7. The zero-order chi connectivity index (χ0) is 56.1. The van der Waals surface area contributed by atoms with Crippen molar-refractivity contribution in [3.8, 4) is 28.5 Å². The minimum Gasteiger partial charge on any atom is -0.492 e. The number of amides is 4. The lowest BCUT2D eigenvalue weighted by Crippen LogP contribution is -2.53. The summed E-state index contributed by atoms with van der Waals surface area (Å²) in [6.45, 7) is 16.0. The molecular weight excluding hydrogens is 1020 g/mol. The number of morpholine rings is 2. The van der Waals surface area contributed by atoms with Gasteiger partial charge in [0.2, 0.25) is 0 Å². The summed E-state index contributed by atoms with van der Waals surface area (Å²) in [5.74, 6) is 4.89. The Morgan fingerprint density at radius 1 is 0.580 bits per heavy atom. The number of fused-ring (bicyclic) bond motifs is 4. The highest BCUT2D eigenvalue weighted by molar-refractivity contribution is 6.13. The molecule has 0 radical (unpaired) electrons. The maximum absolute atomic E-state index is 15.4. The van der Waals surface area contributed by atoms with Crippen LogP contribution in [0.1, 0.15) is 53.4 Å². The second-order valence-electron chi connectivity index (χ2n) is 22.7. The highest BCUT2D eigenvalue weighted by Gasteiger charge is 2.40. The normalized spacial score (nSPS) is 19.8. The van der Waals surface area contributed by atoms with Crippen molar-refractivity contribution in [3.05, 3.63) is 109 Å². The quantitative estimate of drug-likeness (QED) is 0.0633. The number of aromatic nitrogens is 4. The molecule has 0 aliphatic carbocycles. The number of piperazine rings is 1. The molecule has 11 rings (SSSR count). The van der Waals surface area contributed by atoms with Crippen LogP contribution in [0.2, 0.25) is 0 Å². The fourth-order valence-electron chi connectivity index (χ4n) is 11.4. The molecule has 4 atom stereocenters. The van der Waals surface area contributed by atoms with Gasteiger partial charge < -0.3 is 60.0 Å². The molecule has 20 heteroatoms. The molecule has 81 heavy (non-hydrogen) atoms. The van der Waals surface area contributed by atoms with E-state index in [-0.39, 0.29) is 36.3 Å². The van der Waals surface area contributed by atoms with E-state index in [0.29, 0.717) is 73.2 Å². The van der Waals surface area contributed by atoms with Crippen molar-refractivity contribution >= 4 is 63.8 Å². The molecule has 5 aliphatic rings. The maximum atomic E-state index is 15.4. The van der Waals surface area contributed by atoms with Gasteiger partial charge in [-0.15, -0.1) is 0 Å². The lowest BCUT2D eigenvalue weighted by molar-refractivity contribution is 0.0902. The molecule has 426 valence electrons. The molecule has 6 aromatic rings. The van der Waals surface area contributed by atoms with Gasteiger partial charge in [-0.2, -0.15) is 10.0 Å². The van der Waals surface area contributed by atoms with Crippen LogP contribution in [0, 0.1) is 0 Å². The van der Waals surface area contributed by atoms with E-state index >= 15 is 9.59 Å². The lowest BCUT2D eigenvalue weighted by atomic mass is 10.1. The molecule has 0 spiro atoms. The number of likely N-dealkylation sites (N-methyl/N-ethyl adjacent to an activating group) is 2. The topological polar surface area (TPSA) is 184 Å². The van der Waals surface area contributed by atoms with E-state index in [1.165, 1.54) is 10.0 Å². The highest BCUT2D eigenvalue weighted by atomic mass is 16.5. The molecule has 0 saturated carbocycles. The molecule has 4 amide bonds. The van der Waals surface area contributed by atoms with Crippen LogP contribution < -0.4 is 50.7 Å². The van der Waals surface area contributed by atoms with Gasteiger partial charge in [0, 0.05) is 85.1 Å². The number of hydrazine groups is 1. The third kappa shape index (κ3) is 12.9. The number of rotatable bonds is 17. The monoisotopic (exact) mass is 1100 g/mol. The molecule has 4 bridgehead atoms. The Kier molecular flexibility index (Phi) is 16.7. The molecule has 4 unspecified atom stereocenters. The van der Waals surface area contributed by atoms with Crippen molar-refractivity contribution in [2.45, 2.75) is 89.6 Å². The molecule has 5 saturated heterocycles. The van der Waals surface area contributed by atoms with E-state index in [4.69, 9.17) is 34.1 Å². The first-order valence-corrected chi connectivity index (χ1v) is 28.7. The zero-order valence-corrected chi connectivity index (χ0v) is 47.7. The Labute approximate surface area is 475 Å². The Morgan fingerprint density at radius 3 is 1.43 bits per heavy atom. The van der Waals surface area contributed by atoms with Crippen molar-refractivity contribution in [2.24, 2.45) is 0 Å². The van der Waals surface area contributed by atoms with Crippen molar-refractivity contribution in [1.29, 1.82) is 0 Å². The van der Waals surface area contributed by atoms with E-state index in [2.05, 4.69) is 75.6 Å². The number of carbonyl (C=O) groups excluding carboxylic acids is 2. The van der Waals surface area contributed by atoms with Gasteiger partial charge in [-0.3, -0.25) is 0 Å². The van der Waals surface area contributed by atoms with Gasteiger partial charge in [-0.1, -0.05) is 0 Å². The SMILES string of the molecule is CC(C)Nc1cc(N2C3CCC2COC3)nc(-c2ccc(NC(=O)N(c3ccc(OCCN(C)C)cc3)N(C(=O)Nc3ccc(N4CCN(C)CC4)cc3)c3ccc(-c4nc(NC(C)C)cc(N5C6CCC5COC6)n4)cc3)cc2)n1. The van der Waals surface area contributed by atoms with Crippen LogP contribution in [-0.2, 0) is 9.47 Å². The van der Waals surface area contributed by atoms with E-state index in [0.717, 1.165) is 98.5 Å². The van der Waals surface area contributed by atoms with Crippen LogP contribution in [0.15, 0.2) is 109 Å². The summed E-state index contributed by atoms with van der Waals surface area (Å²) in [4.78, 5) is 62.4. The van der Waals surface area contributed by atoms with Crippen LogP contribution in [0.25, 0.3) is 22.8 Å². The number of anilines is 9. The molecule has 5 aliphatic heterocycles. The smallest absolute Gasteiger partial charge is 0.345 e. The fraction of sp³-hybridized carbons (Fsp3) is 0.443. The van der Waals surface area contributed by atoms with Crippen molar-refractivity contribution < 1.29 is 23.8 Å². The number of nitrogens with zero attached hydrogens (tertiary/aromatic N) is 11. The molecule has 2 aromatic heterocycles. The summed E-state index contributed by atoms with van der Waals surface area (Å²) in [7, 11) is 6.12. The Bertz CT molecular complexity index is 3070. The third-order valence-corrected chi connectivity index (χ3v) is 15.5. The molecule has 4 aromatic carbocycles. The van der Waals surface area contributed by atoms with Crippen molar-refractivity contribution in [2.75, 3.05) is 133 Å². The maximum Gasteiger partial charge on any atom is 0.345 e. The predicted octanol–water partition coefficient (Wildman–Crippen LogP) is 9.36. The minimum atomic E-state index is -0.598. The Balaban J connectivity index is 0.940. The van der Waals surface area contributed by atoms with E-state index in [9.17, 15) is 0 Å². The Hall–Kier alpha value is -7.78. The summed E-state index contributed by atoms with van der Waals surface area (Å²) in [6, 6.07) is 34.1. The number of hydrogen-bond donors (Lipinski definition) is 4. The summed E-state index contributed by atoms with van der Waals surface area (Å²) >= 11 is 0. The summed E-state index contributed by atoms with van der Waals surface area (Å²) in [5, 5.41) is 16.0. The second kappa shape index (κ2) is 24.5. The average molecular weight is 1100 g/mol. The number of nitrogens with one attached hydrogen (secondary N) is 4. The summed E-state index contributed by atoms with van der Waals surface area (Å²) in [5.41, 5.74) is 4.45.